The summed E-state index contributed by atoms with van der Waals surface area (Å²) in [5.74, 6) is -2.84. The van der Waals surface area contributed by atoms with Crippen LogP contribution in [-0.2, 0) is 4.79 Å². The molecule has 0 bridgehead atoms. The number of nitrogens with one attached hydrogen (secondary N) is 1. The van der Waals surface area contributed by atoms with E-state index in [0.717, 1.165) is 4.90 Å². The Kier molecular flexibility index (Phi) is 3.83. The molecule has 2 aromatic rings. The number of hydrogen-bond acceptors (Lipinski definition) is 5. The van der Waals surface area contributed by atoms with Gasteiger partial charge in [0.15, 0.2) is 0 Å². The van der Waals surface area contributed by atoms with E-state index in [9.17, 15) is 24.3 Å². The zero-order chi connectivity index (χ0) is 17.3. The Morgan fingerprint density at radius 3 is 1.96 bits per heavy atom. The Hall–Kier alpha value is -3.48. The monoisotopic (exact) mass is 323 g/mol. The van der Waals surface area contributed by atoms with Gasteiger partial charge in [-0.25, -0.2) is 4.90 Å². The molecule has 1 aliphatic heterocycles. The second-order valence-corrected chi connectivity index (χ2v) is 5.09. The number of carbonyl (C=O) groups is 4. The number of rotatable bonds is 4. The second kappa shape index (κ2) is 5.96. The maximum absolute atomic E-state index is 12.4. The van der Waals surface area contributed by atoms with Crippen LogP contribution in [0.1, 0.15) is 31.1 Å². The molecule has 0 aliphatic carbocycles. The number of carbonyl (C=O) groups excluding carboxylic acids is 4. The van der Waals surface area contributed by atoms with Crippen molar-refractivity contribution in [2.24, 2.45) is 0 Å². The molecule has 0 fully saturated rings. The van der Waals surface area contributed by atoms with Crippen molar-refractivity contribution in [3.05, 3.63) is 65.2 Å². The molecular weight excluding hydrogens is 312 g/mol. The molecule has 24 heavy (non-hydrogen) atoms. The Labute approximate surface area is 136 Å². The molecule has 1 aliphatic rings. The van der Waals surface area contributed by atoms with E-state index in [1.54, 1.807) is 24.3 Å². The van der Waals surface area contributed by atoms with Crippen LogP contribution in [0.5, 0.6) is 0 Å². The van der Waals surface area contributed by atoms with Crippen molar-refractivity contribution in [3.8, 4) is 0 Å². The summed E-state index contributed by atoms with van der Waals surface area (Å²) < 4.78 is 0. The molecule has 3 amide bonds. The fourth-order valence-electron chi connectivity index (χ4n) is 2.44. The van der Waals surface area contributed by atoms with Crippen molar-refractivity contribution in [2.45, 2.75) is 0 Å². The fraction of sp³-hybridized carbons (Fsp3) is 0.0588. The maximum atomic E-state index is 12.4. The first-order chi connectivity index (χ1) is 11.5. The largest absolute Gasteiger partial charge is 0.548 e. The normalized spacial score (nSPS) is 12.9. The van der Waals surface area contributed by atoms with Crippen LogP contribution in [0.2, 0.25) is 0 Å². The molecule has 1 N–H and O–H groups in total. The summed E-state index contributed by atoms with van der Waals surface area (Å²) in [6.07, 6.45) is 0. The fourth-order valence-corrected chi connectivity index (χ4v) is 2.44. The molecule has 2 aromatic carbocycles. The van der Waals surface area contributed by atoms with Gasteiger partial charge in [0.1, 0.15) is 0 Å². The van der Waals surface area contributed by atoms with E-state index in [4.69, 9.17) is 0 Å². The average molecular weight is 323 g/mol. The molecule has 0 atom stereocenters. The molecule has 0 saturated carbocycles. The predicted molar refractivity (Wildman–Crippen MR) is 81.4 cm³/mol. The molecule has 0 unspecified atom stereocenters. The van der Waals surface area contributed by atoms with Gasteiger partial charge in [0, 0.05) is 5.56 Å². The van der Waals surface area contributed by atoms with Crippen LogP contribution < -0.4 is 15.3 Å². The predicted octanol–water partition coefficient (Wildman–Crippen LogP) is -0.0331. The van der Waals surface area contributed by atoms with Crippen molar-refractivity contribution >= 4 is 29.4 Å². The van der Waals surface area contributed by atoms with Crippen molar-refractivity contribution in [1.82, 2.24) is 5.32 Å². The number of benzene rings is 2. The summed E-state index contributed by atoms with van der Waals surface area (Å²) in [6.45, 7) is -0.598. The Balaban J connectivity index is 1.82. The number of fused-ring (bicyclic) bond motifs is 1. The van der Waals surface area contributed by atoms with Gasteiger partial charge in [-0.15, -0.1) is 0 Å². The van der Waals surface area contributed by atoms with Crippen molar-refractivity contribution in [2.75, 3.05) is 11.4 Å². The number of carboxylic acid groups (broad SMARTS) is 1. The zero-order valence-electron chi connectivity index (χ0n) is 12.3. The average Bonchev–Trinajstić information content (AvgIpc) is 2.84. The second-order valence-electron chi connectivity index (χ2n) is 5.09. The van der Waals surface area contributed by atoms with Crippen molar-refractivity contribution < 1.29 is 24.3 Å². The van der Waals surface area contributed by atoms with Gasteiger partial charge in [-0.2, -0.15) is 0 Å². The number of amides is 3. The zero-order valence-corrected chi connectivity index (χ0v) is 12.3. The molecule has 7 nitrogen and oxygen atoms in total. The number of carboxylic acids is 1. The number of aliphatic carboxylic acids is 1. The van der Waals surface area contributed by atoms with Gasteiger partial charge in [0.2, 0.25) is 0 Å². The van der Waals surface area contributed by atoms with Crippen LogP contribution in [0.4, 0.5) is 5.69 Å². The van der Waals surface area contributed by atoms with Crippen LogP contribution in [0.3, 0.4) is 0 Å². The summed E-state index contributed by atoms with van der Waals surface area (Å²) in [4.78, 5) is 47.8. The minimum atomic E-state index is -1.40. The minimum Gasteiger partial charge on any atom is -0.548 e. The SMILES string of the molecule is O=C([O-])CNC(=O)c1ccc(N2C(=O)c3ccccc3C2=O)cc1. The molecule has 0 spiro atoms. The lowest BCUT2D eigenvalue weighted by molar-refractivity contribution is -0.303. The number of imide groups is 1. The minimum absolute atomic E-state index is 0.205. The lowest BCUT2D eigenvalue weighted by Gasteiger charge is -2.14. The Morgan fingerprint density at radius 2 is 1.46 bits per heavy atom. The molecule has 3 rings (SSSR count). The lowest BCUT2D eigenvalue weighted by atomic mass is 10.1. The van der Waals surface area contributed by atoms with E-state index in [1.807, 2.05) is 0 Å². The van der Waals surface area contributed by atoms with E-state index >= 15 is 0 Å². The summed E-state index contributed by atoms with van der Waals surface area (Å²) >= 11 is 0. The summed E-state index contributed by atoms with van der Waals surface area (Å²) in [7, 11) is 0. The summed E-state index contributed by atoms with van der Waals surface area (Å²) in [5, 5.41) is 12.5. The number of anilines is 1. The first kappa shape index (κ1) is 15.4. The van der Waals surface area contributed by atoms with Crippen LogP contribution in [-0.4, -0.2) is 30.2 Å². The third-order valence-corrected chi connectivity index (χ3v) is 3.58. The highest BCUT2D eigenvalue weighted by Gasteiger charge is 2.36. The van der Waals surface area contributed by atoms with E-state index in [2.05, 4.69) is 5.32 Å². The van der Waals surface area contributed by atoms with Gasteiger partial charge in [-0.3, -0.25) is 14.4 Å². The van der Waals surface area contributed by atoms with Gasteiger partial charge >= 0.3 is 0 Å². The summed E-state index contributed by atoms with van der Waals surface area (Å²) in [6, 6.07) is 12.2. The molecule has 1 heterocycles. The third-order valence-electron chi connectivity index (χ3n) is 3.58. The highest BCUT2D eigenvalue weighted by Crippen LogP contribution is 2.28. The van der Waals surface area contributed by atoms with E-state index in [1.165, 1.54) is 24.3 Å². The van der Waals surface area contributed by atoms with Gasteiger partial charge < -0.3 is 15.2 Å². The van der Waals surface area contributed by atoms with Crippen LogP contribution in [0.15, 0.2) is 48.5 Å². The lowest BCUT2D eigenvalue weighted by Crippen LogP contribution is -2.37. The van der Waals surface area contributed by atoms with Gasteiger partial charge in [0.25, 0.3) is 17.7 Å². The molecule has 0 aromatic heterocycles. The van der Waals surface area contributed by atoms with E-state index in [-0.39, 0.29) is 5.56 Å². The van der Waals surface area contributed by atoms with Gasteiger partial charge in [0.05, 0.1) is 29.3 Å². The van der Waals surface area contributed by atoms with Gasteiger partial charge in [-0.05, 0) is 36.4 Å². The number of nitrogens with zero attached hydrogens (tertiary/aromatic N) is 1. The summed E-state index contributed by atoms with van der Waals surface area (Å²) in [5.41, 5.74) is 1.20. The molecule has 0 radical (unpaired) electrons. The van der Waals surface area contributed by atoms with Crippen LogP contribution in [0, 0.1) is 0 Å². The topological polar surface area (TPSA) is 107 Å². The Morgan fingerprint density at radius 1 is 0.917 bits per heavy atom. The van der Waals surface area contributed by atoms with Gasteiger partial charge in [-0.1, -0.05) is 12.1 Å². The first-order valence-electron chi connectivity index (χ1n) is 7.05. The highest BCUT2D eigenvalue weighted by molar-refractivity contribution is 6.34. The standard InChI is InChI=1S/C17H12N2O5/c20-14(21)9-18-15(22)10-5-7-11(8-6-10)19-16(23)12-3-1-2-4-13(12)17(19)24/h1-8H,9H2,(H,18,22)(H,20,21)/p-1. The van der Waals surface area contributed by atoms with Crippen LogP contribution >= 0.6 is 0 Å². The highest BCUT2D eigenvalue weighted by atomic mass is 16.4. The van der Waals surface area contributed by atoms with E-state index < -0.39 is 30.2 Å². The quantitative estimate of drug-likeness (QED) is 0.795. The molecular formula is C17H11N2O5-. The van der Waals surface area contributed by atoms with E-state index in [0.29, 0.717) is 16.8 Å². The molecule has 7 heteroatoms. The van der Waals surface area contributed by atoms with Crippen molar-refractivity contribution in [1.29, 1.82) is 0 Å². The Bertz CT molecular complexity index is 823. The molecule has 120 valence electrons. The molecule has 0 saturated heterocycles. The van der Waals surface area contributed by atoms with Crippen LogP contribution in [0.25, 0.3) is 0 Å². The van der Waals surface area contributed by atoms with Crippen molar-refractivity contribution in [3.63, 3.8) is 0 Å². The maximum Gasteiger partial charge on any atom is 0.266 e. The third kappa shape index (κ3) is 2.63. The first-order valence-corrected chi connectivity index (χ1v) is 7.05. The number of hydrogen-bond donors (Lipinski definition) is 1. The smallest absolute Gasteiger partial charge is 0.266 e.